The Morgan fingerprint density at radius 3 is 2.39 bits per heavy atom. The summed E-state index contributed by atoms with van der Waals surface area (Å²) in [6.07, 6.45) is 2.10. The Hall–Kier alpha value is -2.66. The molecule has 0 fully saturated rings. The molecule has 0 saturated carbocycles. The number of nitrogens with zero attached hydrogens (tertiary/aromatic N) is 1. The quantitative estimate of drug-likeness (QED) is 0.501. The number of nitrogens with one attached hydrogen (secondary N) is 2. The van der Waals surface area contributed by atoms with Crippen molar-refractivity contribution in [2.24, 2.45) is 5.10 Å². The van der Waals surface area contributed by atoms with Gasteiger partial charge in [0.2, 0.25) is 0 Å². The van der Waals surface area contributed by atoms with Crippen molar-refractivity contribution in [1.82, 2.24) is 10.7 Å². The number of hydrogen-bond donors (Lipinski definition) is 2. The van der Waals surface area contributed by atoms with Crippen LogP contribution in [0.2, 0.25) is 5.02 Å². The van der Waals surface area contributed by atoms with E-state index in [1.54, 1.807) is 24.3 Å². The number of halogens is 1. The molecule has 23 heavy (non-hydrogen) atoms. The van der Waals surface area contributed by atoms with E-state index in [1.165, 1.54) is 6.21 Å². The van der Waals surface area contributed by atoms with Crippen LogP contribution in [0.15, 0.2) is 59.7 Å². The summed E-state index contributed by atoms with van der Waals surface area (Å²) in [5.74, 6) is -1.52. The predicted octanol–water partition coefficient (Wildman–Crippen LogP) is 2.15. The van der Waals surface area contributed by atoms with Crippen LogP contribution in [0.5, 0.6) is 0 Å². The van der Waals surface area contributed by atoms with Gasteiger partial charge in [-0.15, -0.1) is 0 Å². The number of benzene rings is 2. The van der Waals surface area contributed by atoms with Crippen molar-refractivity contribution < 1.29 is 9.59 Å². The molecule has 6 heteroatoms. The van der Waals surface area contributed by atoms with Crippen molar-refractivity contribution >= 4 is 29.6 Å². The number of carbonyl (C=O) groups excluding carboxylic acids is 2. The minimum atomic E-state index is -0.803. The summed E-state index contributed by atoms with van der Waals surface area (Å²) in [5.41, 5.74) is 4.03. The Bertz CT molecular complexity index is 685. The van der Waals surface area contributed by atoms with E-state index in [0.717, 1.165) is 11.1 Å². The second-order valence-electron chi connectivity index (χ2n) is 4.74. The molecule has 0 aliphatic carbocycles. The first-order valence-corrected chi connectivity index (χ1v) is 7.43. The lowest BCUT2D eigenvalue weighted by Crippen LogP contribution is -2.38. The highest BCUT2D eigenvalue weighted by molar-refractivity contribution is 6.35. The van der Waals surface area contributed by atoms with Crippen molar-refractivity contribution in [2.45, 2.75) is 6.42 Å². The highest BCUT2D eigenvalue weighted by Crippen LogP contribution is 2.07. The molecule has 0 saturated heterocycles. The summed E-state index contributed by atoms with van der Waals surface area (Å²) < 4.78 is 0. The van der Waals surface area contributed by atoms with E-state index in [2.05, 4.69) is 15.8 Å². The zero-order chi connectivity index (χ0) is 16.5. The van der Waals surface area contributed by atoms with Gasteiger partial charge >= 0.3 is 11.8 Å². The van der Waals surface area contributed by atoms with E-state index < -0.39 is 11.8 Å². The lowest BCUT2D eigenvalue weighted by molar-refractivity contribution is -0.139. The summed E-state index contributed by atoms with van der Waals surface area (Å²) in [7, 11) is 0. The largest absolute Gasteiger partial charge is 0.347 e. The second kappa shape index (κ2) is 8.70. The van der Waals surface area contributed by atoms with E-state index in [0.29, 0.717) is 18.0 Å². The van der Waals surface area contributed by atoms with Gasteiger partial charge in [0.1, 0.15) is 0 Å². The van der Waals surface area contributed by atoms with Crippen LogP contribution >= 0.6 is 11.6 Å². The second-order valence-corrected chi connectivity index (χ2v) is 5.18. The Morgan fingerprint density at radius 2 is 1.70 bits per heavy atom. The molecule has 2 aromatic rings. The fourth-order valence-electron chi connectivity index (χ4n) is 1.81. The molecule has 0 unspecified atom stereocenters. The standard InChI is InChI=1S/C17H16ClN3O2/c18-15-8-6-14(7-9-15)12-20-21-17(23)16(22)19-11-10-13-4-2-1-3-5-13/h1-9,12H,10-11H2,(H,19,22)(H,21,23)/b20-12-. The highest BCUT2D eigenvalue weighted by Gasteiger charge is 2.11. The Kier molecular flexibility index (Phi) is 6.32. The van der Waals surface area contributed by atoms with E-state index in [-0.39, 0.29) is 0 Å². The Morgan fingerprint density at radius 1 is 1.00 bits per heavy atom. The molecule has 0 radical (unpaired) electrons. The van der Waals surface area contributed by atoms with Crippen molar-refractivity contribution in [2.75, 3.05) is 6.54 Å². The van der Waals surface area contributed by atoms with Crippen molar-refractivity contribution in [3.8, 4) is 0 Å². The molecule has 0 bridgehead atoms. The van der Waals surface area contributed by atoms with E-state index in [1.807, 2.05) is 30.3 Å². The number of amides is 2. The summed E-state index contributed by atoms with van der Waals surface area (Å²) in [6, 6.07) is 16.6. The molecule has 0 aliphatic heterocycles. The van der Waals surface area contributed by atoms with Crippen LogP contribution in [-0.4, -0.2) is 24.6 Å². The molecule has 2 rings (SSSR count). The van der Waals surface area contributed by atoms with Crippen LogP contribution in [0.25, 0.3) is 0 Å². The van der Waals surface area contributed by atoms with Crippen molar-refractivity contribution in [3.63, 3.8) is 0 Å². The SMILES string of the molecule is O=C(NCCc1ccccc1)C(=O)N/N=C\c1ccc(Cl)cc1. The number of carbonyl (C=O) groups is 2. The average molecular weight is 330 g/mol. The monoisotopic (exact) mass is 329 g/mol. The van der Waals surface area contributed by atoms with E-state index in [9.17, 15) is 9.59 Å². The number of hydrazone groups is 1. The minimum absolute atomic E-state index is 0.386. The molecular weight excluding hydrogens is 314 g/mol. The lowest BCUT2D eigenvalue weighted by atomic mass is 10.1. The Balaban J connectivity index is 1.72. The van der Waals surface area contributed by atoms with Gasteiger partial charge in [0.15, 0.2) is 0 Å². The highest BCUT2D eigenvalue weighted by atomic mass is 35.5. The third-order valence-electron chi connectivity index (χ3n) is 3.00. The van der Waals surface area contributed by atoms with Crippen LogP contribution < -0.4 is 10.7 Å². The molecule has 0 atom stereocenters. The van der Waals surface area contributed by atoms with Gasteiger partial charge in [-0.3, -0.25) is 9.59 Å². The van der Waals surface area contributed by atoms with Gasteiger partial charge in [0.05, 0.1) is 6.21 Å². The third kappa shape index (κ3) is 5.92. The first-order valence-electron chi connectivity index (χ1n) is 7.06. The maximum Gasteiger partial charge on any atom is 0.329 e. The first kappa shape index (κ1) is 16.7. The molecule has 2 amide bonds. The van der Waals surface area contributed by atoms with Crippen LogP contribution in [0.3, 0.4) is 0 Å². The van der Waals surface area contributed by atoms with Crippen LogP contribution in [-0.2, 0) is 16.0 Å². The molecule has 0 heterocycles. The molecule has 5 nitrogen and oxygen atoms in total. The smallest absolute Gasteiger partial charge is 0.329 e. The lowest BCUT2D eigenvalue weighted by Gasteiger charge is -2.04. The van der Waals surface area contributed by atoms with Gasteiger partial charge in [-0.25, -0.2) is 5.43 Å². The fraction of sp³-hybridized carbons (Fsp3) is 0.118. The molecule has 118 valence electrons. The Labute approximate surface area is 139 Å². The molecule has 0 aromatic heterocycles. The molecule has 0 aliphatic rings. The van der Waals surface area contributed by atoms with Gasteiger partial charge in [0.25, 0.3) is 0 Å². The summed E-state index contributed by atoms with van der Waals surface area (Å²) in [4.78, 5) is 23.2. The van der Waals surface area contributed by atoms with E-state index >= 15 is 0 Å². The summed E-state index contributed by atoms with van der Waals surface area (Å²) >= 11 is 5.76. The summed E-state index contributed by atoms with van der Waals surface area (Å²) in [5, 5.41) is 6.89. The van der Waals surface area contributed by atoms with Gasteiger partial charge in [-0.05, 0) is 29.7 Å². The predicted molar refractivity (Wildman–Crippen MR) is 90.3 cm³/mol. The van der Waals surface area contributed by atoms with Crippen molar-refractivity contribution in [3.05, 3.63) is 70.7 Å². The summed E-state index contributed by atoms with van der Waals surface area (Å²) in [6.45, 7) is 0.386. The topological polar surface area (TPSA) is 70.6 Å². The zero-order valence-electron chi connectivity index (χ0n) is 12.3. The maximum absolute atomic E-state index is 11.6. The number of hydrogen-bond acceptors (Lipinski definition) is 3. The van der Waals surface area contributed by atoms with Crippen molar-refractivity contribution in [1.29, 1.82) is 0 Å². The maximum atomic E-state index is 11.6. The first-order chi connectivity index (χ1) is 11.1. The minimum Gasteiger partial charge on any atom is -0.347 e. The van der Waals surface area contributed by atoms with Gasteiger partial charge in [0, 0.05) is 11.6 Å². The van der Waals surface area contributed by atoms with Gasteiger partial charge < -0.3 is 5.32 Å². The fourth-order valence-corrected chi connectivity index (χ4v) is 1.94. The molecule has 2 aromatic carbocycles. The van der Waals surface area contributed by atoms with E-state index in [4.69, 9.17) is 11.6 Å². The average Bonchev–Trinajstić information content (AvgIpc) is 2.57. The number of rotatable bonds is 5. The normalized spacial score (nSPS) is 10.5. The van der Waals surface area contributed by atoms with Crippen LogP contribution in [0, 0.1) is 0 Å². The van der Waals surface area contributed by atoms with Crippen LogP contribution in [0.4, 0.5) is 0 Å². The molecular formula is C17H16ClN3O2. The van der Waals surface area contributed by atoms with Gasteiger partial charge in [-0.2, -0.15) is 5.10 Å². The zero-order valence-corrected chi connectivity index (χ0v) is 13.1. The van der Waals surface area contributed by atoms with Gasteiger partial charge in [-0.1, -0.05) is 54.1 Å². The molecule has 2 N–H and O–H groups in total. The molecule has 0 spiro atoms. The van der Waals surface area contributed by atoms with Crippen LogP contribution in [0.1, 0.15) is 11.1 Å². The third-order valence-corrected chi connectivity index (χ3v) is 3.25.